The van der Waals surface area contributed by atoms with Crippen molar-refractivity contribution < 1.29 is 14.4 Å². The first-order valence-electron chi connectivity index (χ1n) is 3.50. The van der Waals surface area contributed by atoms with Crippen LogP contribution in [0.25, 0.3) is 0 Å². The van der Waals surface area contributed by atoms with Crippen molar-refractivity contribution in [2.45, 2.75) is 0 Å². The average molecular weight is 157 g/mol. The van der Waals surface area contributed by atoms with E-state index in [4.69, 9.17) is 9.57 Å². The summed E-state index contributed by atoms with van der Waals surface area (Å²) in [4.78, 5) is 15.5. The van der Waals surface area contributed by atoms with Gasteiger partial charge >= 0.3 is 5.97 Å². The summed E-state index contributed by atoms with van der Waals surface area (Å²) in [7, 11) is 0. The molecule has 1 saturated heterocycles. The molecule has 0 radical (unpaired) electrons. The molecule has 4 nitrogen and oxygen atoms in total. The molecular formula is C7H11NO3. The van der Waals surface area contributed by atoms with Gasteiger partial charge < -0.3 is 9.57 Å². The molecule has 1 fully saturated rings. The van der Waals surface area contributed by atoms with Crippen LogP contribution in [0.15, 0.2) is 12.7 Å². The predicted octanol–water partition coefficient (Wildman–Crippen LogP) is -0.0372. The van der Waals surface area contributed by atoms with E-state index >= 15 is 0 Å². The van der Waals surface area contributed by atoms with Gasteiger partial charge in [-0.2, -0.15) is 0 Å². The largest absolute Gasteiger partial charge is 0.379 e. The maximum Gasteiger partial charge on any atom is 0.349 e. The summed E-state index contributed by atoms with van der Waals surface area (Å²) in [5.74, 6) is -0.410. The van der Waals surface area contributed by atoms with Gasteiger partial charge in [-0.15, -0.1) is 5.06 Å². The zero-order chi connectivity index (χ0) is 8.10. The van der Waals surface area contributed by atoms with E-state index in [-0.39, 0.29) is 0 Å². The lowest BCUT2D eigenvalue weighted by molar-refractivity contribution is -0.199. The first-order chi connectivity index (χ1) is 5.33. The summed E-state index contributed by atoms with van der Waals surface area (Å²) in [6, 6.07) is 0. The highest BCUT2D eigenvalue weighted by atomic mass is 16.7. The molecule has 0 aromatic carbocycles. The molecule has 0 aromatic heterocycles. The third kappa shape index (κ3) is 2.69. The standard InChI is InChI=1S/C7H11NO3/c1-2-7(9)11-8-3-5-10-6-4-8/h2H,1,3-6H2. The van der Waals surface area contributed by atoms with Crippen LogP contribution in [0.5, 0.6) is 0 Å². The Labute approximate surface area is 65.3 Å². The monoisotopic (exact) mass is 157 g/mol. The number of carbonyl (C=O) groups excluding carboxylic acids is 1. The van der Waals surface area contributed by atoms with Crippen molar-refractivity contribution in [3.05, 3.63) is 12.7 Å². The van der Waals surface area contributed by atoms with Crippen molar-refractivity contribution in [1.29, 1.82) is 0 Å². The van der Waals surface area contributed by atoms with E-state index in [1.807, 2.05) is 0 Å². The molecule has 0 bridgehead atoms. The molecule has 1 heterocycles. The third-order valence-corrected chi connectivity index (χ3v) is 1.36. The van der Waals surface area contributed by atoms with Crippen molar-refractivity contribution in [3.63, 3.8) is 0 Å². The SMILES string of the molecule is C=CC(=O)ON1CCOCC1. The van der Waals surface area contributed by atoms with Crippen molar-refractivity contribution in [3.8, 4) is 0 Å². The third-order valence-electron chi connectivity index (χ3n) is 1.36. The zero-order valence-corrected chi connectivity index (χ0v) is 6.28. The van der Waals surface area contributed by atoms with Gasteiger partial charge in [0.1, 0.15) is 0 Å². The Morgan fingerprint density at radius 1 is 1.55 bits per heavy atom. The lowest BCUT2D eigenvalue weighted by Crippen LogP contribution is -2.37. The van der Waals surface area contributed by atoms with Crippen LogP contribution in [-0.4, -0.2) is 37.3 Å². The van der Waals surface area contributed by atoms with Crippen molar-refractivity contribution in [1.82, 2.24) is 5.06 Å². The van der Waals surface area contributed by atoms with E-state index in [2.05, 4.69) is 6.58 Å². The molecule has 0 aromatic rings. The molecule has 1 aliphatic heterocycles. The topological polar surface area (TPSA) is 38.8 Å². The van der Waals surface area contributed by atoms with Gasteiger partial charge in [-0.3, -0.25) is 0 Å². The first-order valence-corrected chi connectivity index (χ1v) is 3.50. The molecule has 0 amide bonds. The lowest BCUT2D eigenvalue weighted by Gasteiger charge is -2.24. The number of hydrogen-bond acceptors (Lipinski definition) is 4. The molecule has 0 aliphatic carbocycles. The molecule has 0 atom stereocenters. The van der Waals surface area contributed by atoms with E-state index in [0.717, 1.165) is 6.08 Å². The van der Waals surface area contributed by atoms with Gasteiger partial charge in [-0.05, 0) is 0 Å². The molecule has 1 rings (SSSR count). The summed E-state index contributed by atoms with van der Waals surface area (Å²) in [6.45, 7) is 5.80. The molecule has 62 valence electrons. The fraction of sp³-hybridized carbons (Fsp3) is 0.571. The minimum absolute atomic E-state index is 0.410. The van der Waals surface area contributed by atoms with Crippen LogP contribution in [0.1, 0.15) is 0 Å². The number of nitrogens with zero attached hydrogens (tertiary/aromatic N) is 1. The number of morpholine rings is 1. The second-order valence-electron chi connectivity index (χ2n) is 2.16. The minimum Gasteiger partial charge on any atom is -0.379 e. The molecule has 0 spiro atoms. The van der Waals surface area contributed by atoms with Crippen LogP contribution in [0.3, 0.4) is 0 Å². The maximum atomic E-state index is 10.7. The lowest BCUT2D eigenvalue weighted by atomic mass is 10.5. The van der Waals surface area contributed by atoms with Gasteiger partial charge in [0, 0.05) is 6.08 Å². The van der Waals surface area contributed by atoms with Gasteiger partial charge in [0.15, 0.2) is 0 Å². The molecule has 0 saturated carbocycles. The first kappa shape index (κ1) is 8.23. The van der Waals surface area contributed by atoms with Crippen LogP contribution >= 0.6 is 0 Å². The van der Waals surface area contributed by atoms with Gasteiger partial charge in [-0.25, -0.2) is 4.79 Å². The van der Waals surface area contributed by atoms with Crippen LogP contribution < -0.4 is 0 Å². The molecule has 0 N–H and O–H groups in total. The fourth-order valence-corrected chi connectivity index (χ4v) is 0.802. The smallest absolute Gasteiger partial charge is 0.349 e. The van der Waals surface area contributed by atoms with Gasteiger partial charge in [0.2, 0.25) is 0 Å². The van der Waals surface area contributed by atoms with Crippen LogP contribution in [0.4, 0.5) is 0 Å². The quantitative estimate of drug-likeness (QED) is 0.527. The van der Waals surface area contributed by atoms with Gasteiger partial charge in [-0.1, -0.05) is 6.58 Å². The highest BCUT2D eigenvalue weighted by Gasteiger charge is 2.12. The average Bonchev–Trinajstić information content (AvgIpc) is 2.06. The molecular weight excluding hydrogens is 146 g/mol. The number of hydrogen-bond donors (Lipinski definition) is 0. The van der Waals surface area contributed by atoms with E-state index < -0.39 is 5.97 Å². The predicted molar refractivity (Wildman–Crippen MR) is 38.7 cm³/mol. The molecule has 0 unspecified atom stereocenters. The van der Waals surface area contributed by atoms with Gasteiger partial charge in [0.05, 0.1) is 26.3 Å². The van der Waals surface area contributed by atoms with Crippen LogP contribution in [-0.2, 0) is 14.4 Å². The fourth-order valence-electron chi connectivity index (χ4n) is 0.802. The maximum absolute atomic E-state index is 10.7. The van der Waals surface area contributed by atoms with Crippen LogP contribution in [0, 0.1) is 0 Å². The summed E-state index contributed by atoms with van der Waals surface area (Å²) in [5.41, 5.74) is 0. The molecule has 11 heavy (non-hydrogen) atoms. The summed E-state index contributed by atoms with van der Waals surface area (Å²) >= 11 is 0. The van der Waals surface area contributed by atoms with Crippen LogP contribution in [0.2, 0.25) is 0 Å². The van der Waals surface area contributed by atoms with E-state index in [9.17, 15) is 4.79 Å². The van der Waals surface area contributed by atoms with E-state index in [0.29, 0.717) is 26.3 Å². The zero-order valence-electron chi connectivity index (χ0n) is 6.28. The number of hydroxylamine groups is 2. The Morgan fingerprint density at radius 3 is 2.73 bits per heavy atom. The Bertz CT molecular complexity index is 152. The summed E-state index contributed by atoms with van der Waals surface area (Å²) in [5, 5.41) is 1.58. The highest BCUT2D eigenvalue weighted by Crippen LogP contribution is 1.97. The van der Waals surface area contributed by atoms with E-state index in [1.54, 1.807) is 5.06 Å². The molecule has 1 aliphatic rings. The Morgan fingerprint density at radius 2 is 2.18 bits per heavy atom. The van der Waals surface area contributed by atoms with Gasteiger partial charge in [0.25, 0.3) is 0 Å². The number of ether oxygens (including phenoxy) is 1. The Kier molecular flexibility index (Phi) is 3.07. The van der Waals surface area contributed by atoms with E-state index in [1.165, 1.54) is 0 Å². The summed E-state index contributed by atoms with van der Waals surface area (Å²) < 4.78 is 5.06. The Balaban J connectivity index is 2.24. The van der Waals surface area contributed by atoms with Crippen molar-refractivity contribution in [2.24, 2.45) is 0 Å². The minimum atomic E-state index is -0.410. The second-order valence-corrected chi connectivity index (χ2v) is 2.16. The summed E-state index contributed by atoms with van der Waals surface area (Å²) in [6.07, 6.45) is 1.15. The molecule has 4 heteroatoms. The number of carbonyl (C=O) groups is 1. The normalized spacial score (nSPS) is 19.3. The Hall–Kier alpha value is -0.870. The number of rotatable bonds is 2. The highest BCUT2D eigenvalue weighted by molar-refractivity contribution is 5.80. The van der Waals surface area contributed by atoms with Crippen molar-refractivity contribution >= 4 is 5.97 Å². The second kappa shape index (κ2) is 4.10. The van der Waals surface area contributed by atoms with Crippen molar-refractivity contribution in [2.75, 3.05) is 26.3 Å².